The third-order valence-electron chi connectivity index (χ3n) is 3.47. The zero-order chi connectivity index (χ0) is 11.2. The Balaban J connectivity index is 0.00000144. The fourth-order valence-corrected chi connectivity index (χ4v) is 2.52. The minimum Gasteiger partial charge on any atom is -0.356 e. The standard InChI is InChI=1S/C13H23N3.HI/c1-2-3-4-6-9-14-13-15-11-12-8-5-7-10-16(12)13;/h2,12H,1,3-11H2,(H,14,15);1H/t12-;/m1./s1. The lowest BCUT2D eigenvalue weighted by Gasteiger charge is -2.32. The first-order valence-electron chi connectivity index (χ1n) is 6.57. The van der Waals surface area contributed by atoms with Crippen molar-refractivity contribution in [1.82, 2.24) is 10.2 Å². The van der Waals surface area contributed by atoms with Crippen molar-refractivity contribution in [2.75, 3.05) is 19.6 Å². The Labute approximate surface area is 122 Å². The molecule has 1 atom stereocenters. The number of nitrogens with zero attached hydrogens (tertiary/aromatic N) is 2. The van der Waals surface area contributed by atoms with Crippen LogP contribution in [-0.2, 0) is 0 Å². The molecule has 0 saturated carbocycles. The molecule has 2 heterocycles. The Hall–Kier alpha value is -0.260. The molecule has 1 N–H and O–H groups in total. The first kappa shape index (κ1) is 14.8. The van der Waals surface area contributed by atoms with Gasteiger partial charge in [-0.3, -0.25) is 4.99 Å². The van der Waals surface area contributed by atoms with Gasteiger partial charge in [0.1, 0.15) is 0 Å². The molecular formula is C13H24IN3. The normalized spacial score (nSPS) is 22.5. The highest BCUT2D eigenvalue weighted by Gasteiger charge is 2.29. The second-order valence-corrected chi connectivity index (χ2v) is 4.72. The van der Waals surface area contributed by atoms with Crippen LogP contribution in [0.1, 0.15) is 38.5 Å². The molecule has 2 rings (SSSR count). The molecule has 98 valence electrons. The van der Waals surface area contributed by atoms with Crippen LogP contribution >= 0.6 is 24.0 Å². The van der Waals surface area contributed by atoms with Gasteiger partial charge in [-0.15, -0.1) is 30.6 Å². The van der Waals surface area contributed by atoms with Crippen molar-refractivity contribution in [2.45, 2.75) is 44.6 Å². The van der Waals surface area contributed by atoms with Crippen LogP contribution in [0, 0.1) is 0 Å². The second-order valence-electron chi connectivity index (χ2n) is 4.72. The van der Waals surface area contributed by atoms with Gasteiger partial charge in [0.15, 0.2) is 5.96 Å². The number of hydrogen-bond donors (Lipinski definition) is 1. The first-order chi connectivity index (χ1) is 7.92. The third-order valence-corrected chi connectivity index (χ3v) is 3.47. The van der Waals surface area contributed by atoms with E-state index >= 15 is 0 Å². The van der Waals surface area contributed by atoms with Crippen molar-refractivity contribution in [1.29, 1.82) is 0 Å². The summed E-state index contributed by atoms with van der Waals surface area (Å²) < 4.78 is 0. The predicted octanol–water partition coefficient (Wildman–Crippen LogP) is 2.77. The number of rotatable bonds is 5. The van der Waals surface area contributed by atoms with Crippen LogP contribution in [0.2, 0.25) is 0 Å². The Bertz CT molecular complexity index is 265. The van der Waals surface area contributed by atoms with Crippen LogP contribution in [-0.4, -0.2) is 36.5 Å². The zero-order valence-corrected chi connectivity index (χ0v) is 12.9. The van der Waals surface area contributed by atoms with Crippen LogP contribution in [0.3, 0.4) is 0 Å². The van der Waals surface area contributed by atoms with Crippen molar-refractivity contribution in [2.24, 2.45) is 4.99 Å². The van der Waals surface area contributed by atoms with E-state index in [1.807, 2.05) is 6.08 Å². The van der Waals surface area contributed by atoms with Crippen LogP contribution in [0.15, 0.2) is 17.6 Å². The molecule has 0 aromatic rings. The Kier molecular flexibility index (Phi) is 6.92. The van der Waals surface area contributed by atoms with Gasteiger partial charge >= 0.3 is 0 Å². The molecule has 0 spiro atoms. The highest BCUT2D eigenvalue weighted by molar-refractivity contribution is 14.0. The quantitative estimate of drug-likeness (QED) is 0.470. The number of halogens is 1. The van der Waals surface area contributed by atoms with E-state index in [9.17, 15) is 0 Å². The van der Waals surface area contributed by atoms with E-state index in [0.717, 1.165) is 25.5 Å². The number of hydrogen-bond acceptors (Lipinski definition) is 3. The van der Waals surface area contributed by atoms with Crippen molar-refractivity contribution in [3.8, 4) is 0 Å². The molecule has 1 fully saturated rings. The van der Waals surface area contributed by atoms with Crippen LogP contribution in [0.5, 0.6) is 0 Å². The summed E-state index contributed by atoms with van der Waals surface area (Å²) in [5.74, 6) is 1.16. The first-order valence-corrected chi connectivity index (χ1v) is 6.57. The van der Waals surface area contributed by atoms with E-state index in [1.54, 1.807) is 0 Å². The number of nitrogens with one attached hydrogen (secondary N) is 1. The van der Waals surface area contributed by atoms with E-state index in [1.165, 1.54) is 38.6 Å². The number of fused-ring (bicyclic) bond motifs is 1. The van der Waals surface area contributed by atoms with Crippen LogP contribution in [0.4, 0.5) is 0 Å². The van der Waals surface area contributed by atoms with E-state index in [-0.39, 0.29) is 24.0 Å². The van der Waals surface area contributed by atoms with Crippen molar-refractivity contribution < 1.29 is 0 Å². The lowest BCUT2D eigenvalue weighted by Crippen LogP contribution is -2.46. The molecule has 0 aromatic heterocycles. The Morgan fingerprint density at radius 1 is 1.41 bits per heavy atom. The molecule has 0 radical (unpaired) electrons. The van der Waals surface area contributed by atoms with Gasteiger partial charge in [0.25, 0.3) is 0 Å². The van der Waals surface area contributed by atoms with Gasteiger partial charge in [0.2, 0.25) is 0 Å². The van der Waals surface area contributed by atoms with E-state index in [2.05, 4.69) is 21.8 Å². The van der Waals surface area contributed by atoms with Gasteiger partial charge < -0.3 is 10.2 Å². The lowest BCUT2D eigenvalue weighted by molar-refractivity contribution is 0.262. The maximum atomic E-state index is 4.61. The fraction of sp³-hybridized carbons (Fsp3) is 0.769. The molecule has 4 heteroatoms. The number of piperidine rings is 1. The second kappa shape index (κ2) is 7.95. The van der Waals surface area contributed by atoms with Gasteiger partial charge in [-0.2, -0.15) is 0 Å². The minimum atomic E-state index is 0. The van der Waals surface area contributed by atoms with Gasteiger partial charge in [-0.25, -0.2) is 0 Å². The molecule has 0 aliphatic carbocycles. The molecule has 3 nitrogen and oxygen atoms in total. The maximum absolute atomic E-state index is 4.61. The zero-order valence-electron chi connectivity index (χ0n) is 10.5. The smallest absolute Gasteiger partial charge is 0.194 e. The molecular weight excluding hydrogens is 325 g/mol. The van der Waals surface area contributed by atoms with Gasteiger partial charge in [-0.05, 0) is 38.5 Å². The predicted molar refractivity (Wildman–Crippen MR) is 84.1 cm³/mol. The number of unbranched alkanes of at least 4 members (excludes halogenated alkanes) is 2. The molecule has 17 heavy (non-hydrogen) atoms. The molecule has 1 saturated heterocycles. The van der Waals surface area contributed by atoms with E-state index in [0.29, 0.717) is 6.04 Å². The summed E-state index contributed by atoms with van der Waals surface area (Å²) in [5, 5.41) is 3.48. The number of guanidine groups is 1. The summed E-state index contributed by atoms with van der Waals surface area (Å²) in [4.78, 5) is 7.08. The van der Waals surface area contributed by atoms with Crippen molar-refractivity contribution in [3.63, 3.8) is 0 Å². The van der Waals surface area contributed by atoms with Gasteiger partial charge in [0.05, 0.1) is 12.6 Å². The van der Waals surface area contributed by atoms with Crippen molar-refractivity contribution >= 4 is 29.9 Å². The van der Waals surface area contributed by atoms with E-state index < -0.39 is 0 Å². The molecule has 0 unspecified atom stereocenters. The SMILES string of the molecule is C=CCCCCNC1=NC[C@H]2CCCCN12.I. The summed E-state index contributed by atoms with van der Waals surface area (Å²) in [6.45, 7) is 7.00. The monoisotopic (exact) mass is 349 g/mol. The summed E-state index contributed by atoms with van der Waals surface area (Å²) in [7, 11) is 0. The maximum Gasteiger partial charge on any atom is 0.194 e. The Morgan fingerprint density at radius 2 is 2.29 bits per heavy atom. The molecule has 0 aromatic carbocycles. The summed E-state index contributed by atoms with van der Waals surface area (Å²) in [6, 6.07) is 0.699. The molecule has 0 bridgehead atoms. The number of aliphatic imine (C=N–C) groups is 1. The van der Waals surface area contributed by atoms with E-state index in [4.69, 9.17) is 0 Å². The minimum absolute atomic E-state index is 0. The summed E-state index contributed by atoms with van der Waals surface area (Å²) in [6.07, 6.45) is 9.59. The molecule has 2 aliphatic heterocycles. The summed E-state index contributed by atoms with van der Waals surface area (Å²) >= 11 is 0. The van der Waals surface area contributed by atoms with Gasteiger partial charge in [-0.1, -0.05) is 6.08 Å². The third kappa shape index (κ3) is 4.16. The molecule has 0 amide bonds. The van der Waals surface area contributed by atoms with Gasteiger partial charge in [0, 0.05) is 13.1 Å². The average Bonchev–Trinajstić information content (AvgIpc) is 2.73. The Morgan fingerprint density at radius 3 is 3.12 bits per heavy atom. The van der Waals surface area contributed by atoms with Crippen LogP contribution in [0.25, 0.3) is 0 Å². The largest absolute Gasteiger partial charge is 0.356 e. The van der Waals surface area contributed by atoms with Crippen LogP contribution < -0.4 is 5.32 Å². The highest BCUT2D eigenvalue weighted by Crippen LogP contribution is 2.21. The number of allylic oxidation sites excluding steroid dienone is 1. The topological polar surface area (TPSA) is 27.6 Å². The summed E-state index contributed by atoms with van der Waals surface area (Å²) in [5.41, 5.74) is 0. The highest BCUT2D eigenvalue weighted by atomic mass is 127. The lowest BCUT2D eigenvalue weighted by atomic mass is 10.0. The molecule has 2 aliphatic rings. The fourth-order valence-electron chi connectivity index (χ4n) is 2.52. The average molecular weight is 349 g/mol. The van der Waals surface area contributed by atoms with Crippen molar-refractivity contribution in [3.05, 3.63) is 12.7 Å².